The Balaban J connectivity index is 1.60. The standard InChI is InChI=1S/C30H25Cl2FN2O9/c1-42-15-10-19(36)22(20(11-15)43-2)23-16-8-9-17-21(25(38)35(24(17)37)28(41)44-3)18(16)12-29(31)26(39)34(27(40)30(23,29)32)14-6-4-13(33)5-7-14/h4-8,10-11,17-18,21,23,36H,9,12H2,1-3H3/t17-,18+,21-,23+,29+,30-/m0/s1. The molecule has 2 aromatic carbocycles. The monoisotopic (exact) mass is 646 g/mol. The van der Waals surface area contributed by atoms with Crippen molar-refractivity contribution < 1.29 is 47.7 Å². The molecule has 2 aliphatic heterocycles. The molecule has 3 fully saturated rings. The Morgan fingerprint density at radius 2 is 1.66 bits per heavy atom. The second kappa shape index (κ2) is 10.2. The van der Waals surface area contributed by atoms with Crippen molar-refractivity contribution in [1.29, 1.82) is 0 Å². The molecule has 1 N–H and O–H groups in total. The fourth-order valence-corrected chi connectivity index (χ4v) is 8.07. The van der Waals surface area contributed by atoms with Crippen LogP contribution in [0.2, 0.25) is 0 Å². The van der Waals surface area contributed by atoms with E-state index in [4.69, 9.17) is 32.7 Å². The van der Waals surface area contributed by atoms with Crippen molar-refractivity contribution in [1.82, 2.24) is 4.90 Å². The third-order valence-electron chi connectivity index (χ3n) is 9.09. The number of anilines is 1. The van der Waals surface area contributed by atoms with Crippen LogP contribution in [-0.2, 0) is 23.9 Å². The van der Waals surface area contributed by atoms with Gasteiger partial charge in [0.05, 0.1) is 38.9 Å². The molecule has 11 nitrogen and oxygen atoms in total. The van der Waals surface area contributed by atoms with Crippen LogP contribution in [0.3, 0.4) is 0 Å². The number of hydrogen-bond acceptors (Lipinski definition) is 9. The lowest BCUT2D eigenvalue weighted by Crippen LogP contribution is -2.60. The summed E-state index contributed by atoms with van der Waals surface area (Å²) >= 11 is 14.6. The molecule has 230 valence electrons. The van der Waals surface area contributed by atoms with Gasteiger partial charge in [0.25, 0.3) is 11.8 Å². The zero-order chi connectivity index (χ0) is 31.9. The van der Waals surface area contributed by atoms with Gasteiger partial charge >= 0.3 is 6.09 Å². The molecule has 0 radical (unpaired) electrons. The van der Waals surface area contributed by atoms with Gasteiger partial charge in [-0.05, 0) is 43.0 Å². The number of likely N-dealkylation sites (tertiary alicyclic amines) is 1. The highest BCUT2D eigenvalue weighted by molar-refractivity contribution is 6.58. The number of rotatable bonds is 4. The van der Waals surface area contributed by atoms with Crippen molar-refractivity contribution >= 4 is 58.6 Å². The van der Waals surface area contributed by atoms with Gasteiger partial charge < -0.3 is 19.3 Å². The summed E-state index contributed by atoms with van der Waals surface area (Å²) in [5.74, 6) is -8.76. The number of nitrogens with zero attached hydrogens (tertiary/aromatic N) is 2. The van der Waals surface area contributed by atoms with Crippen LogP contribution in [0, 0.1) is 23.6 Å². The molecule has 44 heavy (non-hydrogen) atoms. The zero-order valence-corrected chi connectivity index (χ0v) is 25.0. The Hall–Kier alpha value is -4.16. The minimum absolute atomic E-state index is 0.000618. The number of fused-ring (bicyclic) bond motifs is 4. The van der Waals surface area contributed by atoms with Crippen LogP contribution < -0.4 is 14.4 Å². The molecule has 5 amide bonds. The van der Waals surface area contributed by atoms with Crippen molar-refractivity contribution in [3.8, 4) is 17.2 Å². The van der Waals surface area contributed by atoms with Crippen LogP contribution in [-0.4, -0.2) is 70.8 Å². The average molecular weight is 647 g/mol. The molecular formula is C30H25Cl2FN2O9. The molecule has 2 heterocycles. The highest BCUT2D eigenvalue weighted by atomic mass is 35.5. The van der Waals surface area contributed by atoms with Gasteiger partial charge in [-0.1, -0.05) is 11.6 Å². The number of methoxy groups -OCH3 is 3. The normalized spacial score (nSPS) is 30.9. The quantitative estimate of drug-likeness (QED) is 0.298. The maximum atomic E-state index is 14.4. The number of ether oxygens (including phenoxy) is 3. The molecule has 0 unspecified atom stereocenters. The number of phenolic OH excluding ortho intramolecular Hbond substituents is 1. The Bertz CT molecular complexity index is 1680. The summed E-state index contributed by atoms with van der Waals surface area (Å²) in [5, 5.41) is 11.4. The third-order valence-corrected chi connectivity index (χ3v) is 10.5. The van der Waals surface area contributed by atoms with Crippen LogP contribution in [0.5, 0.6) is 17.2 Å². The van der Waals surface area contributed by atoms with E-state index in [0.29, 0.717) is 10.5 Å². The molecule has 6 atom stereocenters. The molecule has 1 saturated carbocycles. The van der Waals surface area contributed by atoms with Crippen LogP contribution in [0.15, 0.2) is 48.0 Å². The average Bonchev–Trinajstić information content (AvgIpc) is 3.35. The summed E-state index contributed by atoms with van der Waals surface area (Å²) in [6.07, 6.45) is 0.0810. The maximum absolute atomic E-state index is 14.4. The van der Waals surface area contributed by atoms with Crippen molar-refractivity contribution in [2.75, 3.05) is 26.2 Å². The van der Waals surface area contributed by atoms with E-state index in [-0.39, 0.29) is 35.6 Å². The number of benzene rings is 2. The highest BCUT2D eigenvalue weighted by Crippen LogP contribution is 2.67. The highest BCUT2D eigenvalue weighted by Gasteiger charge is 2.77. The second-order valence-corrected chi connectivity index (χ2v) is 12.2. The fourth-order valence-electron chi connectivity index (χ4n) is 7.15. The van der Waals surface area contributed by atoms with Gasteiger partial charge in [0, 0.05) is 23.6 Å². The van der Waals surface area contributed by atoms with Crippen LogP contribution in [0.1, 0.15) is 24.3 Å². The molecular weight excluding hydrogens is 622 g/mol. The van der Waals surface area contributed by atoms with E-state index in [9.17, 15) is 33.5 Å². The van der Waals surface area contributed by atoms with Crippen molar-refractivity contribution in [2.45, 2.75) is 28.5 Å². The number of carbonyl (C=O) groups excluding carboxylic acids is 5. The van der Waals surface area contributed by atoms with Gasteiger partial charge in [0.15, 0.2) is 9.75 Å². The van der Waals surface area contributed by atoms with Gasteiger partial charge in [0.2, 0.25) is 11.8 Å². The van der Waals surface area contributed by atoms with Crippen LogP contribution >= 0.6 is 23.2 Å². The minimum atomic E-state index is -2.30. The molecule has 0 aromatic heterocycles. The molecule has 0 bridgehead atoms. The number of carbonyl (C=O) groups is 5. The van der Waals surface area contributed by atoms with E-state index in [2.05, 4.69) is 4.74 Å². The maximum Gasteiger partial charge on any atom is 0.423 e. The fraction of sp³-hybridized carbons (Fsp3) is 0.367. The van der Waals surface area contributed by atoms with E-state index in [1.165, 1.54) is 38.5 Å². The SMILES string of the molecule is COC(=O)N1C(=O)[C@H]2[C@H](CC=C3[C@H]2C[C@@]2(Cl)C(=O)N(c4ccc(F)cc4)C(=O)[C@@]2(Cl)[C@H]3c2c(O)cc(OC)cc2OC)C1=O. The van der Waals surface area contributed by atoms with E-state index in [1.54, 1.807) is 6.08 Å². The molecule has 2 aliphatic carbocycles. The van der Waals surface area contributed by atoms with E-state index in [0.717, 1.165) is 24.1 Å². The number of alkyl halides is 2. The summed E-state index contributed by atoms with van der Waals surface area (Å²) in [6.45, 7) is 0. The number of imide groups is 4. The number of amides is 5. The lowest BCUT2D eigenvalue weighted by Gasteiger charge is -2.50. The zero-order valence-electron chi connectivity index (χ0n) is 23.5. The predicted octanol–water partition coefficient (Wildman–Crippen LogP) is 3.88. The lowest BCUT2D eigenvalue weighted by molar-refractivity contribution is -0.138. The molecule has 4 aliphatic rings. The Kier molecular flexibility index (Phi) is 6.93. The van der Waals surface area contributed by atoms with Gasteiger partial charge in [-0.3, -0.25) is 19.2 Å². The molecule has 0 spiro atoms. The first-order valence-electron chi connectivity index (χ1n) is 13.5. The predicted molar refractivity (Wildman–Crippen MR) is 152 cm³/mol. The largest absolute Gasteiger partial charge is 0.507 e. The Morgan fingerprint density at radius 1 is 0.977 bits per heavy atom. The Labute approximate surface area is 260 Å². The molecule has 2 aromatic rings. The first-order chi connectivity index (χ1) is 20.8. The topological polar surface area (TPSA) is 140 Å². The molecule has 6 rings (SSSR count). The van der Waals surface area contributed by atoms with E-state index < -0.39 is 74.7 Å². The van der Waals surface area contributed by atoms with Crippen molar-refractivity contribution in [3.05, 3.63) is 59.4 Å². The van der Waals surface area contributed by atoms with E-state index in [1.807, 2.05) is 0 Å². The lowest BCUT2D eigenvalue weighted by atomic mass is 9.56. The number of hydrogen-bond donors (Lipinski definition) is 1. The van der Waals surface area contributed by atoms with Crippen LogP contribution in [0.4, 0.5) is 14.9 Å². The van der Waals surface area contributed by atoms with Gasteiger partial charge in [-0.25, -0.2) is 14.1 Å². The van der Waals surface area contributed by atoms with Crippen molar-refractivity contribution in [2.24, 2.45) is 17.8 Å². The summed E-state index contributed by atoms with van der Waals surface area (Å²) in [7, 11) is 3.72. The minimum Gasteiger partial charge on any atom is -0.507 e. The first kappa shape index (κ1) is 29.9. The Morgan fingerprint density at radius 3 is 2.27 bits per heavy atom. The van der Waals surface area contributed by atoms with Gasteiger partial charge in [0.1, 0.15) is 23.1 Å². The van der Waals surface area contributed by atoms with Crippen molar-refractivity contribution in [3.63, 3.8) is 0 Å². The number of halogens is 3. The number of allylic oxidation sites excluding steroid dienone is 2. The summed E-state index contributed by atoms with van der Waals surface area (Å²) in [6, 6.07) is 7.28. The summed E-state index contributed by atoms with van der Waals surface area (Å²) in [4.78, 5) is 64.6. The summed E-state index contributed by atoms with van der Waals surface area (Å²) in [5.41, 5.74) is 0.344. The van der Waals surface area contributed by atoms with Gasteiger partial charge in [-0.15, -0.1) is 23.2 Å². The smallest absolute Gasteiger partial charge is 0.423 e. The third kappa shape index (κ3) is 3.76. The second-order valence-electron chi connectivity index (χ2n) is 11.0. The summed E-state index contributed by atoms with van der Waals surface area (Å²) < 4.78 is 29.3. The number of phenols is 1. The molecule has 14 heteroatoms. The van der Waals surface area contributed by atoms with Crippen LogP contribution in [0.25, 0.3) is 0 Å². The van der Waals surface area contributed by atoms with Gasteiger partial charge in [-0.2, -0.15) is 4.90 Å². The van der Waals surface area contributed by atoms with E-state index >= 15 is 0 Å². The first-order valence-corrected chi connectivity index (χ1v) is 14.2. The molecule has 2 saturated heterocycles. The number of aromatic hydroxyl groups is 1.